The van der Waals surface area contributed by atoms with E-state index in [9.17, 15) is 19.2 Å². The molecule has 3 aromatic carbocycles. The van der Waals surface area contributed by atoms with E-state index < -0.39 is 5.91 Å². The van der Waals surface area contributed by atoms with Crippen LogP contribution >= 0.6 is 11.6 Å². The number of ether oxygens (including phenoxy) is 1. The smallest absolute Gasteiger partial charge is 0.261 e. The number of nitrogens with one attached hydrogen (secondary N) is 1. The number of hydrogen-bond acceptors (Lipinski definition) is 5. The fourth-order valence-electron chi connectivity index (χ4n) is 3.80. The zero-order valence-corrected chi connectivity index (χ0v) is 20.1. The maximum absolute atomic E-state index is 13.1. The third kappa shape index (κ3) is 4.61. The monoisotopic (exact) mass is 491 g/mol. The lowest BCUT2D eigenvalue weighted by Gasteiger charge is -2.16. The Bertz CT molecular complexity index is 1330. The summed E-state index contributed by atoms with van der Waals surface area (Å²) in [6.07, 6.45) is 0. The lowest BCUT2D eigenvalue weighted by molar-refractivity contribution is 0.0641. The standard InChI is InChI=1S/C26H22ClN3O5/c1-29(2)24(32)19-13-16(9-10-21(19)27)28-23(31)20-12-15(8-11-22(20)35-3)14-30-25(33)17-6-4-5-7-18(17)26(30)34/h4-13H,14H2,1-3H3,(H,28,31). The Morgan fingerprint density at radius 2 is 1.60 bits per heavy atom. The molecule has 0 fully saturated rings. The van der Waals surface area contributed by atoms with Gasteiger partial charge in [-0.2, -0.15) is 0 Å². The molecule has 178 valence electrons. The van der Waals surface area contributed by atoms with E-state index in [0.717, 1.165) is 4.90 Å². The average molecular weight is 492 g/mol. The lowest BCUT2D eigenvalue weighted by Crippen LogP contribution is -2.29. The summed E-state index contributed by atoms with van der Waals surface area (Å²) >= 11 is 6.16. The summed E-state index contributed by atoms with van der Waals surface area (Å²) < 4.78 is 5.34. The van der Waals surface area contributed by atoms with Crippen LogP contribution in [-0.2, 0) is 6.54 Å². The Kier molecular flexibility index (Phi) is 6.57. The Morgan fingerprint density at radius 3 is 2.20 bits per heavy atom. The van der Waals surface area contributed by atoms with E-state index in [-0.39, 0.29) is 40.4 Å². The fourth-order valence-corrected chi connectivity index (χ4v) is 4.00. The molecular formula is C26H22ClN3O5. The van der Waals surface area contributed by atoms with E-state index in [4.69, 9.17) is 16.3 Å². The molecule has 9 heteroatoms. The molecule has 0 bridgehead atoms. The van der Waals surface area contributed by atoms with Crippen LogP contribution in [0.4, 0.5) is 5.69 Å². The molecule has 3 aromatic rings. The molecular weight excluding hydrogens is 470 g/mol. The minimum Gasteiger partial charge on any atom is -0.496 e. The van der Waals surface area contributed by atoms with Crippen molar-refractivity contribution in [1.82, 2.24) is 9.80 Å². The highest BCUT2D eigenvalue weighted by atomic mass is 35.5. The van der Waals surface area contributed by atoms with Crippen LogP contribution in [0.1, 0.15) is 47.0 Å². The van der Waals surface area contributed by atoms with Crippen molar-refractivity contribution in [3.63, 3.8) is 0 Å². The first-order valence-electron chi connectivity index (χ1n) is 10.7. The Morgan fingerprint density at radius 1 is 0.943 bits per heavy atom. The van der Waals surface area contributed by atoms with Gasteiger partial charge in [-0.25, -0.2) is 0 Å². The molecule has 0 saturated carbocycles. The van der Waals surface area contributed by atoms with Gasteiger partial charge in [0.2, 0.25) is 0 Å². The highest BCUT2D eigenvalue weighted by Gasteiger charge is 2.35. The van der Waals surface area contributed by atoms with Gasteiger partial charge >= 0.3 is 0 Å². The van der Waals surface area contributed by atoms with Crippen LogP contribution in [-0.4, -0.2) is 54.6 Å². The third-order valence-corrected chi connectivity index (χ3v) is 5.92. The van der Waals surface area contributed by atoms with E-state index in [0.29, 0.717) is 28.1 Å². The van der Waals surface area contributed by atoms with Gasteiger partial charge in [0.25, 0.3) is 23.6 Å². The van der Waals surface area contributed by atoms with Crippen molar-refractivity contribution in [1.29, 1.82) is 0 Å². The molecule has 0 unspecified atom stereocenters. The molecule has 0 aliphatic carbocycles. The number of benzene rings is 3. The van der Waals surface area contributed by atoms with Gasteiger partial charge in [-0.15, -0.1) is 0 Å². The molecule has 1 heterocycles. The number of hydrogen-bond donors (Lipinski definition) is 1. The molecule has 1 aliphatic rings. The Hall–Kier alpha value is -4.17. The fraction of sp³-hybridized carbons (Fsp3) is 0.154. The lowest BCUT2D eigenvalue weighted by atomic mass is 10.1. The number of fused-ring (bicyclic) bond motifs is 1. The van der Waals surface area contributed by atoms with Crippen LogP contribution in [0.15, 0.2) is 60.7 Å². The highest BCUT2D eigenvalue weighted by Crippen LogP contribution is 2.28. The summed E-state index contributed by atoms with van der Waals surface area (Å²) in [6.45, 7) is -0.000942. The maximum atomic E-state index is 13.1. The molecule has 0 aromatic heterocycles. The largest absolute Gasteiger partial charge is 0.496 e. The number of imide groups is 1. The number of methoxy groups -OCH3 is 1. The summed E-state index contributed by atoms with van der Waals surface area (Å²) in [5.74, 6) is -1.24. The van der Waals surface area contributed by atoms with Crippen molar-refractivity contribution in [2.24, 2.45) is 0 Å². The predicted molar refractivity (Wildman–Crippen MR) is 131 cm³/mol. The van der Waals surface area contributed by atoms with E-state index in [1.54, 1.807) is 62.6 Å². The molecule has 8 nitrogen and oxygen atoms in total. The van der Waals surface area contributed by atoms with E-state index >= 15 is 0 Å². The summed E-state index contributed by atoms with van der Waals surface area (Å²) in [4.78, 5) is 53.5. The summed E-state index contributed by atoms with van der Waals surface area (Å²) in [7, 11) is 4.65. The molecule has 35 heavy (non-hydrogen) atoms. The zero-order valence-electron chi connectivity index (χ0n) is 19.3. The van der Waals surface area contributed by atoms with Gasteiger partial charge in [-0.05, 0) is 48.0 Å². The SMILES string of the molecule is COc1ccc(CN2C(=O)c3ccccc3C2=O)cc1C(=O)Nc1ccc(Cl)c(C(=O)N(C)C)c1. The van der Waals surface area contributed by atoms with Crippen molar-refractivity contribution in [3.05, 3.63) is 93.5 Å². The third-order valence-electron chi connectivity index (χ3n) is 5.59. The molecule has 0 atom stereocenters. The molecule has 4 amide bonds. The molecule has 1 N–H and O–H groups in total. The highest BCUT2D eigenvalue weighted by molar-refractivity contribution is 6.34. The molecule has 0 saturated heterocycles. The van der Waals surface area contributed by atoms with Crippen LogP contribution in [0, 0.1) is 0 Å². The number of carbonyl (C=O) groups is 4. The Balaban J connectivity index is 1.59. The maximum Gasteiger partial charge on any atom is 0.261 e. The molecule has 4 rings (SSSR count). The van der Waals surface area contributed by atoms with Crippen molar-refractivity contribution in [2.45, 2.75) is 6.54 Å². The number of anilines is 1. The van der Waals surface area contributed by atoms with Crippen molar-refractivity contribution >= 4 is 40.9 Å². The summed E-state index contributed by atoms with van der Waals surface area (Å²) in [6, 6.07) is 16.1. The van der Waals surface area contributed by atoms with Crippen LogP contribution in [0.2, 0.25) is 5.02 Å². The first-order valence-corrected chi connectivity index (χ1v) is 11.0. The van der Waals surface area contributed by atoms with Gasteiger partial charge in [0.1, 0.15) is 5.75 Å². The van der Waals surface area contributed by atoms with Gasteiger partial charge in [0.15, 0.2) is 0 Å². The first kappa shape index (κ1) is 24.0. The van der Waals surface area contributed by atoms with Crippen LogP contribution in [0.25, 0.3) is 0 Å². The van der Waals surface area contributed by atoms with Gasteiger partial charge in [-0.3, -0.25) is 24.1 Å². The number of carbonyl (C=O) groups excluding carboxylic acids is 4. The summed E-state index contributed by atoms with van der Waals surface area (Å²) in [5.41, 5.74) is 2.12. The number of halogens is 1. The first-order chi connectivity index (χ1) is 16.7. The van der Waals surface area contributed by atoms with Crippen molar-refractivity contribution < 1.29 is 23.9 Å². The van der Waals surface area contributed by atoms with Gasteiger partial charge in [0.05, 0.1) is 40.9 Å². The minimum atomic E-state index is -0.489. The number of rotatable bonds is 6. The number of nitrogens with zero attached hydrogens (tertiary/aromatic N) is 2. The predicted octanol–water partition coefficient (Wildman–Crippen LogP) is 4.10. The van der Waals surface area contributed by atoms with E-state index in [1.165, 1.54) is 24.1 Å². The zero-order chi connectivity index (χ0) is 25.3. The second-order valence-electron chi connectivity index (χ2n) is 8.12. The quantitative estimate of drug-likeness (QED) is 0.524. The van der Waals surface area contributed by atoms with Crippen LogP contribution in [0.3, 0.4) is 0 Å². The minimum absolute atomic E-state index is 0.000942. The Labute approximate surface area is 207 Å². The van der Waals surface area contributed by atoms with E-state index in [1.807, 2.05) is 0 Å². The van der Waals surface area contributed by atoms with Gasteiger partial charge in [0, 0.05) is 19.8 Å². The normalized spacial score (nSPS) is 12.4. The number of amides is 4. The molecule has 0 spiro atoms. The summed E-state index contributed by atoms with van der Waals surface area (Å²) in [5, 5.41) is 3.02. The van der Waals surface area contributed by atoms with Crippen LogP contribution < -0.4 is 10.1 Å². The van der Waals surface area contributed by atoms with E-state index in [2.05, 4.69) is 5.32 Å². The second kappa shape index (κ2) is 9.60. The average Bonchev–Trinajstić information content (AvgIpc) is 3.09. The van der Waals surface area contributed by atoms with Crippen LogP contribution in [0.5, 0.6) is 5.75 Å². The van der Waals surface area contributed by atoms with Gasteiger partial charge < -0.3 is 15.0 Å². The molecule has 1 aliphatic heterocycles. The second-order valence-corrected chi connectivity index (χ2v) is 8.53. The van der Waals surface area contributed by atoms with Gasteiger partial charge in [-0.1, -0.05) is 29.8 Å². The molecule has 0 radical (unpaired) electrons. The van der Waals surface area contributed by atoms with Crippen molar-refractivity contribution in [2.75, 3.05) is 26.5 Å². The van der Waals surface area contributed by atoms with Crippen molar-refractivity contribution in [3.8, 4) is 5.75 Å². The topological polar surface area (TPSA) is 96.0 Å².